The van der Waals surface area contributed by atoms with Crippen molar-refractivity contribution in [1.82, 2.24) is 0 Å². The van der Waals surface area contributed by atoms with Crippen molar-refractivity contribution in [2.75, 3.05) is 0 Å². The highest BCUT2D eigenvalue weighted by Gasteiger charge is 2.19. The third kappa shape index (κ3) is 1.91. The molecule has 0 saturated carbocycles. The number of hydrogen-bond acceptors (Lipinski definition) is 2. The zero-order valence-corrected chi connectivity index (χ0v) is 10.0. The summed E-state index contributed by atoms with van der Waals surface area (Å²) in [7, 11) is 0. The summed E-state index contributed by atoms with van der Waals surface area (Å²) >= 11 is 1.56. The molecule has 0 radical (unpaired) electrons. The second-order valence-electron chi connectivity index (χ2n) is 4.25. The summed E-state index contributed by atoms with van der Waals surface area (Å²) < 4.78 is 13.1. The number of rotatable bonds is 2. The SMILES string of the molecule is O=C(c1cccc(F)c1)c1cc2c(s1)CCC2. The third-order valence-corrected chi connectivity index (χ3v) is 4.29. The molecule has 0 N–H and O–H groups in total. The Morgan fingerprint density at radius 2 is 2.12 bits per heavy atom. The summed E-state index contributed by atoms with van der Waals surface area (Å²) in [5.74, 6) is -0.427. The van der Waals surface area contributed by atoms with Crippen molar-refractivity contribution in [3.05, 3.63) is 57.0 Å². The predicted molar refractivity (Wildman–Crippen MR) is 66.2 cm³/mol. The number of carbonyl (C=O) groups is 1. The molecule has 3 heteroatoms. The van der Waals surface area contributed by atoms with Crippen LogP contribution in [0.1, 0.15) is 32.1 Å². The maximum absolute atomic E-state index is 13.1. The van der Waals surface area contributed by atoms with Gasteiger partial charge in [-0.3, -0.25) is 4.79 Å². The summed E-state index contributed by atoms with van der Waals surface area (Å²) in [6.07, 6.45) is 3.34. The van der Waals surface area contributed by atoms with E-state index < -0.39 is 0 Å². The Balaban J connectivity index is 1.96. The van der Waals surface area contributed by atoms with E-state index in [1.165, 1.54) is 29.0 Å². The van der Waals surface area contributed by atoms with Crippen molar-refractivity contribution in [2.24, 2.45) is 0 Å². The lowest BCUT2D eigenvalue weighted by Crippen LogP contribution is -1.98. The quantitative estimate of drug-likeness (QED) is 0.740. The van der Waals surface area contributed by atoms with Gasteiger partial charge >= 0.3 is 0 Å². The van der Waals surface area contributed by atoms with Crippen LogP contribution in [0.15, 0.2) is 30.3 Å². The van der Waals surface area contributed by atoms with E-state index in [9.17, 15) is 9.18 Å². The predicted octanol–water partition coefficient (Wildman–Crippen LogP) is 3.61. The minimum atomic E-state index is -0.361. The monoisotopic (exact) mass is 246 g/mol. The molecule has 1 aromatic carbocycles. The second-order valence-corrected chi connectivity index (χ2v) is 5.39. The Bertz CT molecular complexity index is 564. The lowest BCUT2D eigenvalue weighted by atomic mass is 10.1. The zero-order chi connectivity index (χ0) is 11.8. The standard InChI is InChI=1S/C14H11FOS/c15-11-5-1-4-10(7-11)14(16)13-8-9-3-2-6-12(9)17-13/h1,4-5,7-8H,2-3,6H2. The summed E-state index contributed by atoms with van der Waals surface area (Å²) in [5.41, 5.74) is 1.74. The molecule has 0 amide bonds. The molecule has 0 atom stereocenters. The summed E-state index contributed by atoms with van der Waals surface area (Å²) in [6.45, 7) is 0. The van der Waals surface area contributed by atoms with E-state index >= 15 is 0 Å². The van der Waals surface area contributed by atoms with E-state index in [-0.39, 0.29) is 11.6 Å². The molecule has 1 aliphatic carbocycles. The highest BCUT2D eigenvalue weighted by atomic mass is 32.1. The molecule has 2 aromatic rings. The van der Waals surface area contributed by atoms with E-state index in [1.807, 2.05) is 6.07 Å². The van der Waals surface area contributed by atoms with E-state index in [0.717, 1.165) is 17.7 Å². The van der Waals surface area contributed by atoms with Gasteiger partial charge in [0, 0.05) is 10.4 Å². The summed E-state index contributed by atoms with van der Waals surface area (Å²) in [5, 5.41) is 0. The maximum Gasteiger partial charge on any atom is 0.203 e. The van der Waals surface area contributed by atoms with Gasteiger partial charge in [0.1, 0.15) is 5.82 Å². The average Bonchev–Trinajstić information content (AvgIpc) is 2.88. The van der Waals surface area contributed by atoms with Gasteiger partial charge in [-0.1, -0.05) is 12.1 Å². The molecule has 0 spiro atoms. The minimum absolute atomic E-state index is 0.0658. The number of benzene rings is 1. The molecule has 17 heavy (non-hydrogen) atoms. The summed E-state index contributed by atoms with van der Waals surface area (Å²) in [4.78, 5) is 14.2. The third-order valence-electron chi connectivity index (χ3n) is 3.06. The van der Waals surface area contributed by atoms with Crippen molar-refractivity contribution in [3.63, 3.8) is 0 Å². The van der Waals surface area contributed by atoms with Crippen LogP contribution in [0.3, 0.4) is 0 Å². The van der Waals surface area contributed by atoms with Gasteiger partial charge in [-0.15, -0.1) is 11.3 Å². The van der Waals surface area contributed by atoms with E-state index in [2.05, 4.69) is 0 Å². The van der Waals surface area contributed by atoms with Gasteiger partial charge in [-0.05, 0) is 43.0 Å². The van der Waals surface area contributed by atoms with Crippen LogP contribution >= 0.6 is 11.3 Å². The smallest absolute Gasteiger partial charge is 0.203 e. The topological polar surface area (TPSA) is 17.1 Å². The first-order chi connectivity index (χ1) is 8.24. The van der Waals surface area contributed by atoms with Crippen molar-refractivity contribution < 1.29 is 9.18 Å². The maximum atomic E-state index is 13.1. The van der Waals surface area contributed by atoms with Crippen LogP contribution in [0.2, 0.25) is 0 Å². The average molecular weight is 246 g/mol. The zero-order valence-electron chi connectivity index (χ0n) is 9.20. The molecule has 0 fully saturated rings. The molecule has 86 valence electrons. The Morgan fingerprint density at radius 3 is 2.88 bits per heavy atom. The second kappa shape index (κ2) is 4.08. The molecule has 0 bridgehead atoms. The van der Waals surface area contributed by atoms with E-state index in [4.69, 9.17) is 0 Å². The first-order valence-electron chi connectivity index (χ1n) is 5.66. The lowest BCUT2D eigenvalue weighted by molar-refractivity contribution is 0.104. The number of ketones is 1. The van der Waals surface area contributed by atoms with Crippen molar-refractivity contribution in [2.45, 2.75) is 19.3 Å². The van der Waals surface area contributed by atoms with Gasteiger partial charge in [-0.25, -0.2) is 4.39 Å². The lowest BCUT2D eigenvalue weighted by Gasteiger charge is -1.98. The van der Waals surface area contributed by atoms with Crippen molar-refractivity contribution in [1.29, 1.82) is 0 Å². The Labute approximate surface area is 103 Å². The van der Waals surface area contributed by atoms with E-state index in [1.54, 1.807) is 23.5 Å². The van der Waals surface area contributed by atoms with Gasteiger partial charge < -0.3 is 0 Å². The minimum Gasteiger partial charge on any atom is -0.288 e. The molecular formula is C14H11FOS. The largest absolute Gasteiger partial charge is 0.288 e. The first-order valence-corrected chi connectivity index (χ1v) is 6.47. The number of hydrogen-bond donors (Lipinski definition) is 0. The molecule has 0 aliphatic heterocycles. The Kier molecular flexibility index (Phi) is 2.56. The first kappa shape index (κ1) is 10.7. The number of thiophene rings is 1. The highest BCUT2D eigenvalue weighted by molar-refractivity contribution is 7.14. The van der Waals surface area contributed by atoms with Crippen LogP contribution < -0.4 is 0 Å². The molecule has 0 unspecified atom stereocenters. The van der Waals surface area contributed by atoms with Gasteiger partial charge in [0.25, 0.3) is 0 Å². The fourth-order valence-corrected chi connectivity index (χ4v) is 3.43. The van der Waals surface area contributed by atoms with Crippen LogP contribution in [0.5, 0.6) is 0 Å². The van der Waals surface area contributed by atoms with Crippen molar-refractivity contribution >= 4 is 17.1 Å². The Hall–Kier alpha value is -1.48. The molecular weight excluding hydrogens is 235 g/mol. The fourth-order valence-electron chi connectivity index (χ4n) is 2.21. The van der Waals surface area contributed by atoms with E-state index in [0.29, 0.717) is 5.56 Å². The Morgan fingerprint density at radius 1 is 1.24 bits per heavy atom. The number of fused-ring (bicyclic) bond motifs is 1. The van der Waals surface area contributed by atoms with Crippen LogP contribution in [0.25, 0.3) is 0 Å². The number of halogens is 1. The molecule has 1 nitrogen and oxygen atoms in total. The van der Waals surface area contributed by atoms with Crippen LogP contribution in [0.4, 0.5) is 4.39 Å². The molecule has 0 saturated heterocycles. The molecule has 1 aliphatic rings. The van der Waals surface area contributed by atoms with Crippen LogP contribution in [-0.2, 0) is 12.8 Å². The number of carbonyl (C=O) groups excluding carboxylic acids is 1. The van der Waals surface area contributed by atoms with Gasteiger partial charge in [0.2, 0.25) is 5.78 Å². The normalized spacial score (nSPS) is 13.7. The van der Waals surface area contributed by atoms with Gasteiger partial charge in [0.15, 0.2) is 0 Å². The number of aryl methyl sites for hydroxylation is 2. The van der Waals surface area contributed by atoms with Crippen LogP contribution in [0, 0.1) is 5.82 Å². The molecule has 3 rings (SSSR count). The van der Waals surface area contributed by atoms with Crippen molar-refractivity contribution in [3.8, 4) is 0 Å². The fraction of sp³-hybridized carbons (Fsp3) is 0.214. The summed E-state index contributed by atoms with van der Waals surface area (Å²) in [6, 6.07) is 7.86. The highest BCUT2D eigenvalue weighted by Crippen LogP contribution is 2.31. The van der Waals surface area contributed by atoms with Crippen LogP contribution in [-0.4, -0.2) is 5.78 Å². The van der Waals surface area contributed by atoms with Gasteiger partial charge in [0.05, 0.1) is 4.88 Å². The molecule has 1 aromatic heterocycles. The molecule has 1 heterocycles. The van der Waals surface area contributed by atoms with Gasteiger partial charge in [-0.2, -0.15) is 0 Å².